The van der Waals surface area contributed by atoms with Crippen molar-refractivity contribution in [2.75, 3.05) is 13.2 Å². The molecule has 7 atom stereocenters. The van der Waals surface area contributed by atoms with E-state index >= 15 is 0 Å². The molecule has 32 heavy (non-hydrogen) atoms. The summed E-state index contributed by atoms with van der Waals surface area (Å²) in [7, 11) is 0. The molecular weight excluding hydrogens is 414 g/mol. The normalized spacial score (nSPS) is 28.3. The number of rotatable bonds is 18. The second-order valence-corrected chi connectivity index (χ2v) is 8.94. The topological polar surface area (TPSA) is 146 Å². The molecule has 1 aliphatic heterocycles. The van der Waals surface area contributed by atoms with E-state index in [1.165, 1.54) is 64.2 Å². The molecule has 1 rings (SSSR count). The maximum absolute atomic E-state index is 10.2. The summed E-state index contributed by atoms with van der Waals surface area (Å²) in [5.74, 6) is 0. The molecule has 0 aliphatic carbocycles. The third kappa shape index (κ3) is 11.5. The van der Waals surface area contributed by atoms with Gasteiger partial charge in [-0.3, -0.25) is 0 Å². The van der Waals surface area contributed by atoms with Crippen molar-refractivity contribution in [1.29, 1.82) is 0 Å². The predicted octanol–water partition coefficient (Wildman–Crippen LogP) is 1.75. The molecule has 0 saturated carbocycles. The van der Waals surface area contributed by atoms with Crippen molar-refractivity contribution in [3.8, 4) is 0 Å². The smallest absolute Gasteiger partial charge is 0.186 e. The van der Waals surface area contributed by atoms with Crippen molar-refractivity contribution in [2.24, 2.45) is 5.73 Å². The molecule has 0 aromatic rings. The molecule has 8 heteroatoms. The number of allylic oxidation sites excluding steroid dienone is 1. The van der Waals surface area contributed by atoms with Gasteiger partial charge in [0.2, 0.25) is 0 Å². The van der Waals surface area contributed by atoms with E-state index in [2.05, 4.69) is 6.92 Å². The lowest BCUT2D eigenvalue weighted by Crippen LogP contribution is -2.59. The Hall–Kier alpha value is -0.580. The van der Waals surface area contributed by atoms with E-state index in [1.54, 1.807) is 6.08 Å². The van der Waals surface area contributed by atoms with Gasteiger partial charge < -0.3 is 40.7 Å². The second-order valence-electron chi connectivity index (χ2n) is 8.94. The monoisotopic (exact) mass is 461 g/mol. The molecule has 0 amide bonds. The maximum Gasteiger partial charge on any atom is 0.186 e. The van der Waals surface area contributed by atoms with E-state index in [4.69, 9.17) is 15.2 Å². The van der Waals surface area contributed by atoms with Crippen LogP contribution in [0, 0.1) is 0 Å². The summed E-state index contributed by atoms with van der Waals surface area (Å²) >= 11 is 0. The minimum atomic E-state index is -1.50. The van der Waals surface area contributed by atoms with Gasteiger partial charge in [-0.05, 0) is 12.8 Å². The van der Waals surface area contributed by atoms with Gasteiger partial charge >= 0.3 is 0 Å². The molecule has 1 aliphatic rings. The molecule has 8 nitrogen and oxygen atoms in total. The van der Waals surface area contributed by atoms with Crippen molar-refractivity contribution in [2.45, 2.75) is 127 Å². The van der Waals surface area contributed by atoms with Crippen LogP contribution in [0.2, 0.25) is 0 Å². The Balaban J connectivity index is 2.10. The molecule has 3 unspecified atom stereocenters. The number of hydrogen-bond donors (Lipinski definition) is 6. The summed E-state index contributed by atoms with van der Waals surface area (Å²) in [4.78, 5) is 0. The van der Waals surface area contributed by atoms with Gasteiger partial charge in [-0.1, -0.05) is 83.3 Å². The van der Waals surface area contributed by atoms with E-state index < -0.39 is 49.5 Å². The van der Waals surface area contributed by atoms with E-state index in [1.807, 2.05) is 6.08 Å². The van der Waals surface area contributed by atoms with Crippen molar-refractivity contribution in [3.63, 3.8) is 0 Å². The largest absolute Gasteiger partial charge is 0.394 e. The first kappa shape index (κ1) is 29.5. The van der Waals surface area contributed by atoms with Crippen molar-refractivity contribution in [3.05, 3.63) is 12.2 Å². The SMILES string of the molecule is CCCCCCCCCCCCCC=CC(O)C(N)COC1O[C@H](CO)[C@H](O)[C@H](O)[C@H]1O. The van der Waals surface area contributed by atoms with Crippen LogP contribution in [0.3, 0.4) is 0 Å². The van der Waals surface area contributed by atoms with Gasteiger partial charge in [-0.25, -0.2) is 0 Å². The predicted molar refractivity (Wildman–Crippen MR) is 124 cm³/mol. The Morgan fingerprint density at radius 2 is 1.44 bits per heavy atom. The van der Waals surface area contributed by atoms with Gasteiger partial charge in [0, 0.05) is 0 Å². The number of aliphatic hydroxyl groups excluding tert-OH is 5. The summed E-state index contributed by atoms with van der Waals surface area (Å²) in [6, 6.07) is -0.740. The van der Waals surface area contributed by atoms with Crippen LogP contribution in [0.25, 0.3) is 0 Å². The zero-order valence-electron chi connectivity index (χ0n) is 19.7. The summed E-state index contributed by atoms with van der Waals surface area (Å²) in [6.07, 6.45) is 11.1. The van der Waals surface area contributed by atoms with Crippen LogP contribution in [0.5, 0.6) is 0 Å². The minimum Gasteiger partial charge on any atom is -0.394 e. The van der Waals surface area contributed by atoms with Crippen LogP contribution >= 0.6 is 0 Å². The summed E-state index contributed by atoms with van der Waals surface area (Å²) in [5.41, 5.74) is 5.93. The van der Waals surface area contributed by atoms with Crippen LogP contribution in [-0.4, -0.2) is 81.6 Å². The summed E-state index contributed by atoms with van der Waals surface area (Å²) < 4.78 is 10.6. The fraction of sp³-hybridized carbons (Fsp3) is 0.917. The molecule has 0 aromatic carbocycles. The minimum absolute atomic E-state index is 0.118. The molecule has 190 valence electrons. The first-order valence-electron chi connectivity index (χ1n) is 12.4. The van der Waals surface area contributed by atoms with Gasteiger partial charge in [0.1, 0.15) is 24.4 Å². The Morgan fingerprint density at radius 1 is 0.875 bits per heavy atom. The third-order valence-corrected chi connectivity index (χ3v) is 6.05. The molecule has 1 heterocycles. The van der Waals surface area contributed by atoms with Crippen molar-refractivity contribution in [1.82, 2.24) is 0 Å². The molecular formula is C24H47NO7. The Kier molecular flexibility index (Phi) is 16.4. The first-order valence-corrected chi connectivity index (χ1v) is 12.4. The van der Waals surface area contributed by atoms with Crippen LogP contribution in [0.4, 0.5) is 0 Å². The van der Waals surface area contributed by atoms with E-state index in [-0.39, 0.29) is 6.61 Å². The summed E-state index contributed by atoms with van der Waals surface area (Å²) in [5, 5.41) is 48.8. The van der Waals surface area contributed by atoms with E-state index in [9.17, 15) is 25.5 Å². The highest BCUT2D eigenvalue weighted by atomic mass is 16.7. The molecule has 0 bridgehead atoms. The highest BCUT2D eigenvalue weighted by Gasteiger charge is 2.44. The Morgan fingerprint density at radius 3 is 2.00 bits per heavy atom. The summed E-state index contributed by atoms with van der Waals surface area (Å²) in [6.45, 7) is 1.60. The average molecular weight is 462 g/mol. The van der Waals surface area contributed by atoms with E-state index in [0.717, 1.165) is 12.8 Å². The van der Waals surface area contributed by atoms with Gasteiger partial charge in [0.25, 0.3) is 0 Å². The number of ether oxygens (including phenoxy) is 2. The molecule has 1 saturated heterocycles. The third-order valence-electron chi connectivity index (χ3n) is 6.05. The van der Waals surface area contributed by atoms with Gasteiger partial charge in [0.05, 0.1) is 25.4 Å². The highest BCUT2D eigenvalue weighted by Crippen LogP contribution is 2.22. The molecule has 7 N–H and O–H groups in total. The maximum atomic E-state index is 10.2. The number of aliphatic hydroxyl groups is 5. The van der Waals surface area contributed by atoms with Gasteiger partial charge in [0.15, 0.2) is 6.29 Å². The first-order chi connectivity index (χ1) is 15.4. The number of unbranched alkanes of at least 4 members (excludes halogenated alkanes) is 11. The Labute approximate surface area is 193 Å². The molecule has 0 spiro atoms. The number of nitrogens with two attached hydrogens (primary N) is 1. The van der Waals surface area contributed by atoms with Crippen molar-refractivity contribution < 1.29 is 35.0 Å². The zero-order valence-corrected chi connectivity index (χ0v) is 19.7. The fourth-order valence-corrected chi connectivity index (χ4v) is 3.81. The molecule has 0 radical (unpaired) electrons. The fourth-order valence-electron chi connectivity index (χ4n) is 3.81. The molecule has 0 aromatic heterocycles. The van der Waals surface area contributed by atoms with Crippen LogP contribution < -0.4 is 5.73 Å². The molecule has 1 fully saturated rings. The van der Waals surface area contributed by atoms with E-state index in [0.29, 0.717) is 0 Å². The van der Waals surface area contributed by atoms with Gasteiger partial charge in [-0.15, -0.1) is 0 Å². The standard InChI is InChI=1S/C24H47NO7/c1-2-3-4-5-6-7-8-9-10-11-12-13-14-15-19(27)18(25)17-31-24-23(30)22(29)21(28)20(16-26)32-24/h14-15,18-24,26-30H,2-13,16-17,25H2,1H3/t18?,19?,20-,21+,22+,23-,24?/m1/s1. The lowest BCUT2D eigenvalue weighted by Gasteiger charge is -2.39. The lowest BCUT2D eigenvalue weighted by molar-refractivity contribution is -0.302. The van der Waals surface area contributed by atoms with Crippen LogP contribution in [0.1, 0.15) is 84.0 Å². The van der Waals surface area contributed by atoms with Gasteiger partial charge in [-0.2, -0.15) is 0 Å². The second kappa shape index (κ2) is 17.8. The van der Waals surface area contributed by atoms with Crippen molar-refractivity contribution >= 4 is 0 Å². The average Bonchev–Trinajstić information content (AvgIpc) is 2.79. The number of hydrogen-bond acceptors (Lipinski definition) is 8. The lowest BCUT2D eigenvalue weighted by atomic mass is 9.99. The van der Waals surface area contributed by atoms with Crippen LogP contribution in [0.15, 0.2) is 12.2 Å². The Bertz CT molecular complexity index is 477. The highest BCUT2D eigenvalue weighted by molar-refractivity contribution is 4.94. The van der Waals surface area contributed by atoms with Crippen LogP contribution in [-0.2, 0) is 9.47 Å². The zero-order chi connectivity index (χ0) is 23.8. The quantitative estimate of drug-likeness (QED) is 0.134.